The third kappa shape index (κ3) is 5.01. The highest BCUT2D eigenvalue weighted by molar-refractivity contribution is 6.05. The largest absolute Gasteiger partial charge is 0.496 e. The first-order valence-corrected chi connectivity index (χ1v) is 10.3. The van der Waals surface area contributed by atoms with Gasteiger partial charge in [0.15, 0.2) is 0 Å². The minimum Gasteiger partial charge on any atom is -0.496 e. The van der Waals surface area contributed by atoms with Crippen LogP contribution in [0.25, 0.3) is 0 Å². The molecule has 3 rings (SSSR count). The van der Waals surface area contributed by atoms with Gasteiger partial charge in [-0.15, -0.1) is 0 Å². The van der Waals surface area contributed by atoms with Crippen molar-refractivity contribution in [3.63, 3.8) is 0 Å². The molecule has 0 aliphatic heterocycles. The molecule has 1 N–H and O–H groups in total. The molecule has 0 aromatic heterocycles. The van der Waals surface area contributed by atoms with Crippen LogP contribution in [0.2, 0.25) is 0 Å². The van der Waals surface area contributed by atoms with Crippen molar-refractivity contribution in [1.82, 2.24) is 0 Å². The van der Waals surface area contributed by atoms with Gasteiger partial charge < -0.3 is 14.8 Å². The molecule has 4 nitrogen and oxygen atoms in total. The molecule has 30 heavy (non-hydrogen) atoms. The van der Waals surface area contributed by atoms with Crippen molar-refractivity contribution in [2.75, 3.05) is 12.4 Å². The zero-order valence-electron chi connectivity index (χ0n) is 18.1. The second kappa shape index (κ2) is 9.97. The van der Waals surface area contributed by atoms with Gasteiger partial charge >= 0.3 is 0 Å². The van der Waals surface area contributed by atoms with E-state index in [9.17, 15) is 4.79 Å². The molecule has 4 heteroatoms. The number of anilines is 1. The Morgan fingerprint density at radius 1 is 0.900 bits per heavy atom. The standard InChI is InChI=1S/C26H29NO3/c1-5-19-8-7-9-20(6-2)25(19)27-26(28)21-12-15-24(29-4)22(16-21)17-30-23-13-10-18(3)11-14-23/h7-16H,5-6,17H2,1-4H3,(H,27,28). The Bertz CT molecular complexity index is 987. The zero-order chi connectivity index (χ0) is 21.5. The number of rotatable bonds is 8. The van der Waals surface area contributed by atoms with Gasteiger partial charge in [-0.05, 0) is 61.2 Å². The van der Waals surface area contributed by atoms with E-state index in [1.807, 2.05) is 49.4 Å². The molecule has 0 saturated carbocycles. The van der Waals surface area contributed by atoms with Crippen molar-refractivity contribution in [3.8, 4) is 11.5 Å². The first-order valence-electron chi connectivity index (χ1n) is 10.3. The molecule has 0 bridgehead atoms. The summed E-state index contributed by atoms with van der Waals surface area (Å²) in [5.74, 6) is 1.34. The molecule has 0 aliphatic rings. The van der Waals surface area contributed by atoms with E-state index in [0.717, 1.165) is 41.0 Å². The number of carbonyl (C=O) groups excluding carboxylic acids is 1. The summed E-state index contributed by atoms with van der Waals surface area (Å²) in [6, 6.07) is 19.5. The van der Waals surface area contributed by atoms with E-state index in [-0.39, 0.29) is 5.91 Å². The molecular weight excluding hydrogens is 374 g/mol. The molecular formula is C26H29NO3. The van der Waals surface area contributed by atoms with E-state index in [1.54, 1.807) is 13.2 Å². The van der Waals surface area contributed by atoms with Gasteiger partial charge in [-0.1, -0.05) is 49.7 Å². The van der Waals surface area contributed by atoms with Gasteiger partial charge in [-0.2, -0.15) is 0 Å². The Morgan fingerprint density at radius 2 is 1.57 bits per heavy atom. The van der Waals surface area contributed by atoms with E-state index < -0.39 is 0 Å². The second-order valence-corrected chi connectivity index (χ2v) is 7.24. The van der Waals surface area contributed by atoms with Crippen molar-refractivity contribution < 1.29 is 14.3 Å². The third-order valence-corrected chi connectivity index (χ3v) is 5.20. The summed E-state index contributed by atoms with van der Waals surface area (Å²) in [5, 5.41) is 3.12. The maximum atomic E-state index is 13.0. The Hall–Kier alpha value is -3.27. The molecule has 3 aromatic carbocycles. The van der Waals surface area contributed by atoms with Crippen molar-refractivity contribution in [2.24, 2.45) is 0 Å². The van der Waals surface area contributed by atoms with Gasteiger partial charge in [0.25, 0.3) is 5.91 Å². The zero-order valence-corrected chi connectivity index (χ0v) is 18.1. The monoisotopic (exact) mass is 403 g/mol. The quantitative estimate of drug-likeness (QED) is 0.505. The van der Waals surface area contributed by atoms with Crippen LogP contribution < -0.4 is 14.8 Å². The van der Waals surface area contributed by atoms with E-state index in [4.69, 9.17) is 9.47 Å². The lowest BCUT2D eigenvalue weighted by molar-refractivity contribution is 0.102. The molecule has 0 spiro atoms. The highest BCUT2D eigenvalue weighted by Gasteiger charge is 2.14. The third-order valence-electron chi connectivity index (χ3n) is 5.20. The van der Waals surface area contributed by atoms with Crippen LogP contribution in [0.5, 0.6) is 11.5 Å². The molecule has 0 saturated heterocycles. The summed E-state index contributed by atoms with van der Waals surface area (Å²) in [7, 11) is 1.62. The summed E-state index contributed by atoms with van der Waals surface area (Å²) >= 11 is 0. The Kier molecular flexibility index (Phi) is 7.12. The van der Waals surface area contributed by atoms with Crippen LogP contribution in [0.1, 0.15) is 46.5 Å². The van der Waals surface area contributed by atoms with Crippen molar-refractivity contribution in [1.29, 1.82) is 0 Å². The Morgan fingerprint density at radius 3 is 2.17 bits per heavy atom. The van der Waals surface area contributed by atoms with Crippen LogP contribution >= 0.6 is 0 Å². The minimum atomic E-state index is -0.134. The van der Waals surface area contributed by atoms with E-state index in [1.165, 1.54) is 5.56 Å². The minimum absolute atomic E-state index is 0.134. The summed E-state index contributed by atoms with van der Waals surface area (Å²) in [4.78, 5) is 13.0. The number of carbonyl (C=O) groups is 1. The lowest BCUT2D eigenvalue weighted by Gasteiger charge is -2.16. The van der Waals surface area contributed by atoms with Crippen LogP contribution in [0.15, 0.2) is 60.7 Å². The Balaban J connectivity index is 1.82. The predicted octanol–water partition coefficient (Wildman–Crippen LogP) is 5.96. The maximum Gasteiger partial charge on any atom is 0.255 e. The number of aryl methyl sites for hydroxylation is 3. The highest BCUT2D eigenvalue weighted by Crippen LogP contribution is 2.26. The van der Waals surface area contributed by atoms with E-state index >= 15 is 0 Å². The number of benzene rings is 3. The predicted molar refractivity (Wildman–Crippen MR) is 122 cm³/mol. The molecule has 3 aromatic rings. The van der Waals surface area contributed by atoms with Crippen molar-refractivity contribution in [3.05, 3.63) is 88.5 Å². The van der Waals surface area contributed by atoms with Gasteiger partial charge in [0, 0.05) is 16.8 Å². The first kappa shape index (κ1) is 21.4. The number of amides is 1. The van der Waals surface area contributed by atoms with E-state index in [0.29, 0.717) is 17.9 Å². The number of ether oxygens (including phenoxy) is 2. The lowest BCUT2D eigenvalue weighted by atomic mass is 10.0. The fraction of sp³-hybridized carbons (Fsp3) is 0.269. The molecule has 0 atom stereocenters. The topological polar surface area (TPSA) is 47.6 Å². The van der Waals surface area contributed by atoms with Crippen LogP contribution in [0.4, 0.5) is 5.69 Å². The van der Waals surface area contributed by atoms with Crippen molar-refractivity contribution >= 4 is 11.6 Å². The number of methoxy groups -OCH3 is 1. The fourth-order valence-corrected chi connectivity index (χ4v) is 3.42. The average Bonchev–Trinajstić information content (AvgIpc) is 2.78. The van der Waals surface area contributed by atoms with Gasteiger partial charge in [-0.3, -0.25) is 4.79 Å². The van der Waals surface area contributed by atoms with Crippen molar-refractivity contribution in [2.45, 2.75) is 40.2 Å². The molecule has 1 amide bonds. The number of hydrogen-bond acceptors (Lipinski definition) is 3. The smallest absolute Gasteiger partial charge is 0.255 e. The summed E-state index contributed by atoms with van der Waals surface area (Å²) in [5.41, 5.74) is 5.77. The Labute approximate surface area is 178 Å². The SMILES string of the molecule is CCc1cccc(CC)c1NC(=O)c1ccc(OC)c(COc2ccc(C)cc2)c1. The molecule has 0 unspecified atom stereocenters. The van der Waals surface area contributed by atoms with Crippen LogP contribution in [0, 0.1) is 6.92 Å². The summed E-state index contributed by atoms with van der Waals surface area (Å²) < 4.78 is 11.4. The number of nitrogens with one attached hydrogen (secondary N) is 1. The molecule has 0 heterocycles. The van der Waals surface area contributed by atoms with Gasteiger partial charge in [0.1, 0.15) is 18.1 Å². The lowest BCUT2D eigenvalue weighted by Crippen LogP contribution is -2.15. The van der Waals surface area contributed by atoms with E-state index in [2.05, 4.69) is 31.3 Å². The molecule has 0 radical (unpaired) electrons. The van der Waals surface area contributed by atoms with Gasteiger partial charge in [0.05, 0.1) is 7.11 Å². The van der Waals surface area contributed by atoms with Crippen LogP contribution in [0.3, 0.4) is 0 Å². The second-order valence-electron chi connectivity index (χ2n) is 7.24. The number of hydrogen-bond donors (Lipinski definition) is 1. The molecule has 0 aliphatic carbocycles. The number of para-hydroxylation sites is 1. The summed E-state index contributed by atoms with van der Waals surface area (Å²) in [6.45, 7) is 6.55. The maximum absolute atomic E-state index is 13.0. The highest BCUT2D eigenvalue weighted by atomic mass is 16.5. The average molecular weight is 404 g/mol. The fourth-order valence-electron chi connectivity index (χ4n) is 3.42. The molecule has 0 fully saturated rings. The normalized spacial score (nSPS) is 10.5. The van der Waals surface area contributed by atoms with Crippen LogP contribution in [-0.4, -0.2) is 13.0 Å². The first-order chi connectivity index (χ1) is 14.5. The summed E-state index contributed by atoms with van der Waals surface area (Å²) in [6.07, 6.45) is 1.73. The van der Waals surface area contributed by atoms with Crippen LogP contribution in [-0.2, 0) is 19.4 Å². The molecule has 156 valence electrons. The van der Waals surface area contributed by atoms with Gasteiger partial charge in [0.2, 0.25) is 0 Å². The van der Waals surface area contributed by atoms with Gasteiger partial charge in [-0.25, -0.2) is 0 Å².